The summed E-state index contributed by atoms with van der Waals surface area (Å²) in [4.78, 5) is 12.3. The van der Waals surface area contributed by atoms with Crippen molar-refractivity contribution in [3.8, 4) is 11.3 Å². The maximum absolute atomic E-state index is 4.71. The monoisotopic (exact) mass is 346 g/mol. The second-order valence-corrected chi connectivity index (χ2v) is 6.63. The molecule has 0 saturated carbocycles. The SMILES string of the molecule is Cc1nn(C)c(C)c1-c1ccnc(N[C@H](C)c2ccc3[nH]ccc3c2)n1. The van der Waals surface area contributed by atoms with Crippen LogP contribution in [-0.4, -0.2) is 24.7 Å². The van der Waals surface area contributed by atoms with E-state index in [1.165, 1.54) is 10.9 Å². The predicted molar refractivity (Wildman–Crippen MR) is 104 cm³/mol. The van der Waals surface area contributed by atoms with Crippen molar-refractivity contribution in [2.75, 3.05) is 5.32 Å². The fourth-order valence-corrected chi connectivity index (χ4v) is 3.33. The predicted octanol–water partition coefficient (Wildman–Crippen LogP) is 4.15. The van der Waals surface area contributed by atoms with Gasteiger partial charge in [-0.3, -0.25) is 4.68 Å². The summed E-state index contributed by atoms with van der Waals surface area (Å²) in [5, 5.41) is 9.09. The van der Waals surface area contributed by atoms with Crippen molar-refractivity contribution < 1.29 is 0 Å². The molecule has 3 heterocycles. The van der Waals surface area contributed by atoms with E-state index >= 15 is 0 Å². The Morgan fingerprint density at radius 3 is 2.77 bits per heavy atom. The molecule has 3 aromatic heterocycles. The van der Waals surface area contributed by atoms with E-state index in [1.807, 2.05) is 30.9 Å². The molecule has 132 valence electrons. The summed E-state index contributed by atoms with van der Waals surface area (Å²) in [6.45, 7) is 6.18. The summed E-state index contributed by atoms with van der Waals surface area (Å²) in [6, 6.07) is 10.5. The molecule has 2 N–H and O–H groups in total. The molecule has 26 heavy (non-hydrogen) atoms. The van der Waals surface area contributed by atoms with Gasteiger partial charge in [-0.1, -0.05) is 6.07 Å². The van der Waals surface area contributed by atoms with E-state index in [0.29, 0.717) is 5.95 Å². The van der Waals surface area contributed by atoms with Crippen molar-refractivity contribution in [3.63, 3.8) is 0 Å². The number of H-pyrrole nitrogens is 1. The summed E-state index contributed by atoms with van der Waals surface area (Å²) in [7, 11) is 1.95. The number of aryl methyl sites for hydroxylation is 2. The van der Waals surface area contributed by atoms with Crippen LogP contribution in [0.1, 0.15) is 29.9 Å². The molecule has 1 atom stereocenters. The van der Waals surface area contributed by atoms with Gasteiger partial charge in [0.05, 0.1) is 17.4 Å². The van der Waals surface area contributed by atoms with Crippen LogP contribution in [-0.2, 0) is 7.05 Å². The number of hydrogen-bond acceptors (Lipinski definition) is 4. The number of hydrogen-bond donors (Lipinski definition) is 2. The molecule has 0 aliphatic carbocycles. The highest BCUT2D eigenvalue weighted by Crippen LogP contribution is 2.26. The number of aromatic nitrogens is 5. The third-order valence-electron chi connectivity index (χ3n) is 4.84. The van der Waals surface area contributed by atoms with Crippen molar-refractivity contribution >= 4 is 16.9 Å². The van der Waals surface area contributed by atoms with Crippen molar-refractivity contribution in [2.45, 2.75) is 26.8 Å². The van der Waals surface area contributed by atoms with Gasteiger partial charge in [0.2, 0.25) is 5.95 Å². The summed E-state index contributed by atoms with van der Waals surface area (Å²) in [6.07, 6.45) is 3.75. The van der Waals surface area contributed by atoms with Gasteiger partial charge in [0.25, 0.3) is 0 Å². The minimum Gasteiger partial charge on any atom is -0.361 e. The van der Waals surface area contributed by atoms with Crippen LogP contribution < -0.4 is 5.32 Å². The van der Waals surface area contributed by atoms with Gasteiger partial charge in [-0.25, -0.2) is 9.97 Å². The van der Waals surface area contributed by atoms with Gasteiger partial charge in [0.15, 0.2) is 0 Å². The highest BCUT2D eigenvalue weighted by Gasteiger charge is 2.14. The van der Waals surface area contributed by atoms with Crippen LogP contribution in [0.2, 0.25) is 0 Å². The second kappa shape index (κ2) is 6.29. The molecule has 0 aliphatic rings. The molecule has 0 unspecified atom stereocenters. The van der Waals surface area contributed by atoms with Gasteiger partial charge in [-0.2, -0.15) is 5.10 Å². The lowest BCUT2D eigenvalue weighted by Gasteiger charge is -2.15. The second-order valence-electron chi connectivity index (χ2n) is 6.63. The highest BCUT2D eigenvalue weighted by molar-refractivity contribution is 5.80. The van der Waals surface area contributed by atoms with Crippen LogP contribution in [0.25, 0.3) is 22.2 Å². The Kier molecular flexibility index (Phi) is 3.95. The van der Waals surface area contributed by atoms with Gasteiger partial charge in [-0.05, 0) is 56.0 Å². The van der Waals surface area contributed by atoms with E-state index in [2.05, 4.69) is 58.5 Å². The van der Waals surface area contributed by atoms with Gasteiger partial charge in [-0.15, -0.1) is 0 Å². The van der Waals surface area contributed by atoms with Crippen molar-refractivity contribution in [1.82, 2.24) is 24.7 Å². The Morgan fingerprint density at radius 2 is 2.00 bits per heavy atom. The average molecular weight is 346 g/mol. The van der Waals surface area contributed by atoms with Gasteiger partial charge < -0.3 is 10.3 Å². The van der Waals surface area contributed by atoms with Crippen LogP contribution in [0.3, 0.4) is 0 Å². The first-order valence-corrected chi connectivity index (χ1v) is 8.70. The largest absolute Gasteiger partial charge is 0.361 e. The first-order valence-electron chi connectivity index (χ1n) is 8.70. The molecular formula is C20H22N6. The molecule has 0 fully saturated rings. The Morgan fingerprint density at radius 1 is 1.15 bits per heavy atom. The van der Waals surface area contributed by atoms with Crippen LogP contribution >= 0.6 is 0 Å². The van der Waals surface area contributed by atoms with E-state index in [4.69, 9.17) is 4.98 Å². The number of aromatic amines is 1. The number of nitrogens with one attached hydrogen (secondary N) is 2. The van der Waals surface area contributed by atoms with E-state index < -0.39 is 0 Å². The van der Waals surface area contributed by atoms with Gasteiger partial charge in [0.1, 0.15) is 0 Å². The van der Waals surface area contributed by atoms with Crippen LogP contribution in [0.4, 0.5) is 5.95 Å². The smallest absolute Gasteiger partial charge is 0.223 e. The molecule has 1 aromatic carbocycles. The van der Waals surface area contributed by atoms with Crippen molar-refractivity contribution in [3.05, 3.63) is 59.7 Å². The maximum atomic E-state index is 4.71. The fourth-order valence-electron chi connectivity index (χ4n) is 3.33. The molecule has 0 saturated heterocycles. The lowest BCUT2D eigenvalue weighted by molar-refractivity contribution is 0.731. The fraction of sp³-hybridized carbons (Fsp3) is 0.250. The molecule has 4 rings (SSSR count). The molecule has 0 aliphatic heterocycles. The number of rotatable bonds is 4. The number of anilines is 1. The molecular weight excluding hydrogens is 324 g/mol. The van der Waals surface area contributed by atoms with Crippen LogP contribution in [0, 0.1) is 13.8 Å². The zero-order chi connectivity index (χ0) is 18.3. The minimum absolute atomic E-state index is 0.0978. The highest BCUT2D eigenvalue weighted by atomic mass is 15.3. The lowest BCUT2D eigenvalue weighted by Crippen LogP contribution is -2.09. The molecule has 6 nitrogen and oxygen atoms in total. The molecule has 0 radical (unpaired) electrons. The van der Waals surface area contributed by atoms with Gasteiger partial charge >= 0.3 is 0 Å². The molecule has 0 spiro atoms. The Labute approximate surface area is 152 Å². The van der Waals surface area contributed by atoms with Crippen LogP contribution in [0.15, 0.2) is 42.7 Å². The third kappa shape index (κ3) is 2.83. The number of fused-ring (bicyclic) bond motifs is 1. The quantitative estimate of drug-likeness (QED) is 0.582. The first kappa shape index (κ1) is 16.3. The van der Waals surface area contributed by atoms with E-state index in [9.17, 15) is 0 Å². The van der Waals surface area contributed by atoms with Gasteiger partial charge in [0, 0.05) is 36.2 Å². The summed E-state index contributed by atoms with van der Waals surface area (Å²) >= 11 is 0. The zero-order valence-electron chi connectivity index (χ0n) is 15.4. The van der Waals surface area contributed by atoms with E-state index in [1.54, 1.807) is 6.20 Å². The standard InChI is InChI=1S/C20H22N6/c1-12(15-5-6-17-16(11-15)7-9-21-17)23-20-22-10-8-18(24-20)19-13(2)25-26(4)14(19)3/h5-12,21H,1-4H3,(H,22,23,24)/t12-/m1/s1. The first-order chi connectivity index (χ1) is 12.5. The summed E-state index contributed by atoms with van der Waals surface area (Å²) in [5.41, 5.74) is 6.36. The van der Waals surface area contributed by atoms with Crippen molar-refractivity contribution in [1.29, 1.82) is 0 Å². The molecule has 6 heteroatoms. The maximum Gasteiger partial charge on any atom is 0.223 e. The number of benzene rings is 1. The minimum atomic E-state index is 0.0978. The Balaban J connectivity index is 1.62. The lowest BCUT2D eigenvalue weighted by atomic mass is 10.1. The Bertz CT molecular complexity index is 1080. The summed E-state index contributed by atoms with van der Waals surface area (Å²) in [5.74, 6) is 0.617. The van der Waals surface area contributed by atoms with Crippen LogP contribution in [0.5, 0.6) is 0 Å². The molecule has 0 bridgehead atoms. The molecule has 0 amide bonds. The van der Waals surface area contributed by atoms with E-state index in [-0.39, 0.29) is 6.04 Å². The normalized spacial score (nSPS) is 12.5. The number of nitrogens with zero attached hydrogens (tertiary/aromatic N) is 4. The van der Waals surface area contributed by atoms with Crippen molar-refractivity contribution in [2.24, 2.45) is 7.05 Å². The zero-order valence-corrected chi connectivity index (χ0v) is 15.4. The Hall–Kier alpha value is -3.15. The average Bonchev–Trinajstić information content (AvgIpc) is 3.18. The topological polar surface area (TPSA) is 71.4 Å². The third-order valence-corrected chi connectivity index (χ3v) is 4.84. The molecule has 4 aromatic rings. The summed E-state index contributed by atoms with van der Waals surface area (Å²) < 4.78 is 1.88. The van der Waals surface area contributed by atoms with E-state index in [0.717, 1.165) is 28.2 Å².